The molecule has 0 bridgehead atoms. The molecule has 0 aliphatic carbocycles. The van der Waals surface area contributed by atoms with Gasteiger partial charge < -0.3 is 19.7 Å². The Morgan fingerprint density at radius 2 is 2.05 bits per heavy atom. The maximum Gasteiger partial charge on any atom is 0.586 e. The smallest absolute Gasteiger partial charge is 0.395 e. The van der Waals surface area contributed by atoms with E-state index >= 15 is 0 Å². The van der Waals surface area contributed by atoms with Crippen LogP contribution in [0.25, 0.3) is 0 Å². The van der Waals surface area contributed by atoms with Crippen molar-refractivity contribution in [3.63, 3.8) is 0 Å². The highest BCUT2D eigenvalue weighted by molar-refractivity contribution is 5.57. The molecule has 20 heavy (non-hydrogen) atoms. The summed E-state index contributed by atoms with van der Waals surface area (Å²) in [5.74, 6) is 0.720. The number of ether oxygens (including phenoxy) is 2. The van der Waals surface area contributed by atoms with Crippen LogP contribution in [0.3, 0.4) is 0 Å². The Kier molecular flexibility index (Phi) is 3.20. The third-order valence-electron chi connectivity index (χ3n) is 3.76. The summed E-state index contributed by atoms with van der Waals surface area (Å²) in [7, 11) is 0. The van der Waals surface area contributed by atoms with Crippen LogP contribution in [0.5, 0.6) is 11.5 Å². The number of nitrogens with one attached hydrogen (secondary N) is 1. The highest BCUT2D eigenvalue weighted by Gasteiger charge is 2.43. The number of alkyl halides is 2. The molecule has 2 heterocycles. The van der Waals surface area contributed by atoms with Crippen molar-refractivity contribution in [1.82, 2.24) is 5.32 Å². The highest BCUT2D eigenvalue weighted by atomic mass is 19.3. The molecule has 0 aromatic heterocycles. The number of nitrogens with zero attached hydrogens (tertiary/aromatic N) is 1. The SMILES string of the molecule is CC(C)C1CN(c2ccc3c(c2)OC(F)(F)O3)CCN1. The van der Waals surface area contributed by atoms with Gasteiger partial charge in [0.05, 0.1) is 0 Å². The second kappa shape index (κ2) is 4.77. The number of halogens is 2. The zero-order chi connectivity index (χ0) is 14.3. The summed E-state index contributed by atoms with van der Waals surface area (Å²) in [6.07, 6.45) is -3.55. The summed E-state index contributed by atoms with van der Waals surface area (Å²) in [5.41, 5.74) is 0.886. The van der Waals surface area contributed by atoms with Gasteiger partial charge in [-0.2, -0.15) is 0 Å². The Morgan fingerprint density at radius 1 is 1.30 bits per heavy atom. The van der Waals surface area contributed by atoms with Crippen molar-refractivity contribution in [2.75, 3.05) is 24.5 Å². The number of anilines is 1. The molecule has 0 radical (unpaired) electrons. The summed E-state index contributed by atoms with van der Waals surface area (Å²) in [6.45, 7) is 6.92. The molecule has 1 unspecified atom stereocenters. The van der Waals surface area contributed by atoms with Gasteiger partial charge in [0.15, 0.2) is 11.5 Å². The van der Waals surface area contributed by atoms with Gasteiger partial charge >= 0.3 is 6.29 Å². The van der Waals surface area contributed by atoms with E-state index < -0.39 is 6.29 Å². The highest BCUT2D eigenvalue weighted by Crippen LogP contribution is 2.42. The molecule has 1 saturated heterocycles. The molecule has 1 aromatic rings. The van der Waals surface area contributed by atoms with Gasteiger partial charge in [-0.25, -0.2) is 0 Å². The number of hydrogen-bond donors (Lipinski definition) is 1. The lowest BCUT2D eigenvalue weighted by molar-refractivity contribution is -0.286. The second-order valence-corrected chi connectivity index (χ2v) is 5.55. The molecule has 1 N–H and O–H groups in total. The minimum atomic E-state index is -3.55. The summed E-state index contributed by atoms with van der Waals surface area (Å²) >= 11 is 0. The monoisotopic (exact) mass is 284 g/mol. The van der Waals surface area contributed by atoms with Crippen molar-refractivity contribution in [1.29, 1.82) is 0 Å². The average Bonchev–Trinajstić information content (AvgIpc) is 2.71. The number of hydrogen-bond acceptors (Lipinski definition) is 4. The molecule has 1 aromatic carbocycles. The first-order valence-electron chi connectivity index (χ1n) is 6.83. The minimum absolute atomic E-state index is 0.0919. The lowest BCUT2D eigenvalue weighted by Crippen LogP contribution is -2.52. The van der Waals surface area contributed by atoms with E-state index in [4.69, 9.17) is 0 Å². The molecule has 0 saturated carbocycles. The standard InChI is InChI=1S/C14H18F2N2O2/c1-9(2)11-8-18(6-5-17-11)10-3-4-12-13(7-10)20-14(15,16)19-12/h3-4,7,9,11,17H,5-6,8H2,1-2H3. The van der Waals surface area contributed by atoms with Crippen LogP contribution in [0.1, 0.15) is 13.8 Å². The first-order chi connectivity index (χ1) is 9.44. The van der Waals surface area contributed by atoms with Crippen LogP contribution in [0.4, 0.5) is 14.5 Å². The lowest BCUT2D eigenvalue weighted by atomic mass is 10.0. The number of rotatable bonds is 2. The first-order valence-corrected chi connectivity index (χ1v) is 6.83. The van der Waals surface area contributed by atoms with E-state index in [1.807, 2.05) is 0 Å². The molecule has 6 heteroatoms. The predicted molar refractivity (Wildman–Crippen MR) is 71.5 cm³/mol. The number of benzene rings is 1. The van der Waals surface area contributed by atoms with Crippen molar-refractivity contribution in [3.8, 4) is 11.5 Å². The molecule has 1 fully saturated rings. The Labute approximate surface area is 116 Å². The third kappa shape index (κ3) is 2.52. The normalized spacial score (nSPS) is 24.2. The largest absolute Gasteiger partial charge is 0.586 e. The van der Waals surface area contributed by atoms with Crippen molar-refractivity contribution < 1.29 is 18.3 Å². The van der Waals surface area contributed by atoms with E-state index in [9.17, 15) is 8.78 Å². The topological polar surface area (TPSA) is 33.7 Å². The fourth-order valence-electron chi connectivity index (χ4n) is 2.59. The molecule has 0 spiro atoms. The van der Waals surface area contributed by atoms with Gasteiger partial charge in [-0.15, -0.1) is 8.78 Å². The van der Waals surface area contributed by atoms with Crippen molar-refractivity contribution in [3.05, 3.63) is 18.2 Å². The van der Waals surface area contributed by atoms with Gasteiger partial charge in [-0.05, 0) is 18.1 Å². The van der Waals surface area contributed by atoms with Crippen molar-refractivity contribution in [2.24, 2.45) is 5.92 Å². The Morgan fingerprint density at radius 3 is 2.80 bits per heavy atom. The summed E-state index contributed by atoms with van der Waals surface area (Å²) in [5, 5.41) is 3.47. The fraction of sp³-hybridized carbons (Fsp3) is 0.571. The molecule has 4 nitrogen and oxygen atoms in total. The number of fused-ring (bicyclic) bond motifs is 1. The summed E-state index contributed by atoms with van der Waals surface area (Å²) < 4.78 is 34.9. The minimum Gasteiger partial charge on any atom is -0.395 e. The van der Waals surface area contributed by atoms with Crippen molar-refractivity contribution >= 4 is 5.69 Å². The zero-order valence-electron chi connectivity index (χ0n) is 11.5. The molecular formula is C14H18F2N2O2. The van der Waals surface area contributed by atoms with Crippen LogP contribution in [-0.4, -0.2) is 32.0 Å². The molecule has 3 rings (SSSR count). The second-order valence-electron chi connectivity index (χ2n) is 5.55. The van der Waals surface area contributed by atoms with Crippen LogP contribution in [-0.2, 0) is 0 Å². The van der Waals surface area contributed by atoms with Gasteiger partial charge in [0, 0.05) is 37.4 Å². The van der Waals surface area contributed by atoms with Gasteiger partial charge in [-0.1, -0.05) is 13.8 Å². The molecule has 2 aliphatic heterocycles. The van der Waals surface area contributed by atoms with Gasteiger partial charge in [0.25, 0.3) is 0 Å². The van der Waals surface area contributed by atoms with Crippen molar-refractivity contribution in [2.45, 2.75) is 26.2 Å². The molecule has 1 atom stereocenters. The summed E-state index contributed by atoms with van der Waals surface area (Å²) in [6, 6.07) is 5.36. The summed E-state index contributed by atoms with van der Waals surface area (Å²) in [4.78, 5) is 2.18. The van der Waals surface area contributed by atoms with E-state index in [0.29, 0.717) is 12.0 Å². The van der Waals surface area contributed by atoms with Crippen LogP contribution < -0.4 is 19.7 Å². The molecule has 110 valence electrons. The van der Waals surface area contributed by atoms with Crippen LogP contribution in [0, 0.1) is 5.92 Å². The van der Waals surface area contributed by atoms with Gasteiger partial charge in [0.1, 0.15) is 0 Å². The average molecular weight is 284 g/mol. The molecular weight excluding hydrogens is 266 g/mol. The Balaban J connectivity index is 1.79. The third-order valence-corrected chi connectivity index (χ3v) is 3.76. The van der Waals surface area contributed by atoms with Gasteiger partial charge in [0.2, 0.25) is 0 Å². The predicted octanol–water partition coefficient (Wildman–Crippen LogP) is 2.44. The first kappa shape index (κ1) is 13.4. The van der Waals surface area contributed by atoms with E-state index in [1.54, 1.807) is 12.1 Å². The Bertz CT molecular complexity index is 508. The van der Waals surface area contributed by atoms with E-state index in [-0.39, 0.29) is 11.5 Å². The Hall–Kier alpha value is -1.56. The van der Waals surface area contributed by atoms with Crippen LogP contribution >= 0.6 is 0 Å². The van der Waals surface area contributed by atoms with E-state index in [1.165, 1.54) is 6.07 Å². The molecule has 0 amide bonds. The maximum absolute atomic E-state index is 13.0. The van der Waals surface area contributed by atoms with E-state index in [0.717, 1.165) is 25.3 Å². The lowest BCUT2D eigenvalue weighted by Gasteiger charge is -2.37. The van der Waals surface area contributed by atoms with E-state index in [2.05, 4.69) is 33.5 Å². The van der Waals surface area contributed by atoms with Crippen LogP contribution in [0.2, 0.25) is 0 Å². The van der Waals surface area contributed by atoms with Crippen LogP contribution in [0.15, 0.2) is 18.2 Å². The fourth-order valence-corrected chi connectivity index (χ4v) is 2.59. The molecule has 2 aliphatic rings. The zero-order valence-corrected chi connectivity index (χ0v) is 11.5. The maximum atomic E-state index is 13.0. The quantitative estimate of drug-likeness (QED) is 0.904. The number of piperazine rings is 1. The van der Waals surface area contributed by atoms with Gasteiger partial charge in [-0.3, -0.25) is 0 Å².